The smallest absolute Gasteiger partial charge is 0.306 e. The van der Waals surface area contributed by atoms with Crippen LogP contribution in [0.15, 0.2) is 54.6 Å². The van der Waals surface area contributed by atoms with Crippen LogP contribution in [0.5, 0.6) is 5.75 Å². The predicted molar refractivity (Wildman–Crippen MR) is 102 cm³/mol. The molecular weight excluding hydrogens is 348 g/mol. The first kappa shape index (κ1) is 20.0. The van der Waals surface area contributed by atoms with E-state index in [1.165, 1.54) is 0 Å². The molecule has 0 aliphatic rings. The van der Waals surface area contributed by atoms with Gasteiger partial charge in [0.1, 0.15) is 5.75 Å². The van der Waals surface area contributed by atoms with Gasteiger partial charge in [0.15, 0.2) is 6.61 Å². The van der Waals surface area contributed by atoms with Crippen LogP contribution < -0.4 is 15.4 Å². The summed E-state index contributed by atoms with van der Waals surface area (Å²) in [6.07, 6.45) is 0.0489. The molecular formula is C20H22N2O5. The van der Waals surface area contributed by atoms with Crippen LogP contribution in [0.4, 0.5) is 11.4 Å². The lowest BCUT2D eigenvalue weighted by Crippen LogP contribution is -2.20. The summed E-state index contributed by atoms with van der Waals surface area (Å²) in [6, 6.07) is 15.8. The minimum absolute atomic E-state index is 0.0208. The molecule has 2 amide bonds. The Hall–Kier alpha value is -3.35. The van der Waals surface area contributed by atoms with Crippen molar-refractivity contribution in [1.82, 2.24) is 0 Å². The van der Waals surface area contributed by atoms with E-state index in [0.717, 1.165) is 0 Å². The van der Waals surface area contributed by atoms with Crippen molar-refractivity contribution in [3.05, 3.63) is 54.6 Å². The molecule has 7 heteroatoms. The zero-order chi connectivity index (χ0) is 19.5. The summed E-state index contributed by atoms with van der Waals surface area (Å²) < 4.78 is 10.2. The normalized spacial score (nSPS) is 9.96. The van der Waals surface area contributed by atoms with Gasteiger partial charge in [0.2, 0.25) is 5.91 Å². The summed E-state index contributed by atoms with van der Waals surface area (Å²) in [6.45, 7) is 1.87. The molecule has 0 unspecified atom stereocenters. The molecule has 0 fully saturated rings. The quantitative estimate of drug-likeness (QED) is 0.662. The summed E-state index contributed by atoms with van der Waals surface area (Å²) in [4.78, 5) is 35.1. The van der Waals surface area contributed by atoms with E-state index in [-0.39, 0.29) is 37.9 Å². The number of hydrogen-bond acceptors (Lipinski definition) is 5. The van der Waals surface area contributed by atoms with Crippen molar-refractivity contribution in [2.75, 3.05) is 23.8 Å². The Morgan fingerprint density at radius 3 is 2.19 bits per heavy atom. The number of hydrogen-bond donors (Lipinski definition) is 2. The maximum absolute atomic E-state index is 12.0. The van der Waals surface area contributed by atoms with Crippen LogP contribution in [-0.4, -0.2) is 31.0 Å². The van der Waals surface area contributed by atoms with Crippen molar-refractivity contribution in [3.8, 4) is 5.75 Å². The van der Waals surface area contributed by atoms with Gasteiger partial charge in [0.05, 0.1) is 13.0 Å². The van der Waals surface area contributed by atoms with Gasteiger partial charge < -0.3 is 20.1 Å². The summed E-state index contributed by atoms with van der Waals surface area (Å²) in [5, 5.41) is 5.39. The topological polar surface area (TPSA) is 93.7 Å². The second-order valence-corrected chi connectivity index (χ2v) is 5.58. The summed E-state index contributed by atoms with van der Waals surface area (Å²) in [5.74, 6) is -0.425. The van der Waals surface area contributed by atoms with Gasteiger partial charge in [-0.3, -0.25) is 14.4 Å². The van der Waals surface area contributed by atoms with E-state index in [0.29, 0.717) is 17.1 Å². The number of esters is 1. The molecule has 7 nitrogen and oxygen atoms in total. The SMILES string of the molecule is CCOC(=O)CCC(=O)Nc1cccc(NC(=O)COc2ccccc2)c1. The first-order valence-electron chi connectivity index (χ1n) is 8.60. The number of rotatable bonds is 9. The molecule has 2 N–H and O–H groups in total. The fourth-order valence-corrected chi connectivity index (χ4v) is 2.21. The molecule has 0 radical (unpaired) electrons. The lowest BCUT2D eigenvalue weighted by Gasteiger charge is -2.10. The molecule has 2 aromatic carbocycles. The molecule has 27 heavy (non-hydrogen) atoms. The largest absolute Gasteiger partial charge is 0.484 e. The molecule has 0 heterocycles. The number of ether oxygens (including phenoxy) is 2. The molecule has 0 saturated carbocycles. The van der Waals surface area contributed by atoms with Crippen LogP contribution in [0.1, 0.15) is 19.8 Å². The zero-order valence-corrected chi connectivity index (χ0v) is 15.1. The van der Waals surface area contributed by atoms with Crippen molar-refractivity contribution < 1.29 is 23.9 Å². The second kappa shape index (κ2) is 10.6. The Labute approximate surface area is 157 Å². The Balaban J connectivity index is 1.81. The molecule has 0 bridgehead atoms. The van der Waals surface area contributed by atoms with Crippen molar-refractivity contribution in [2.24, 2.45) is 0 Å². The molecule has 0 aliphatic carbocycles. The minimum Gasteiger partial charge on any atom is -0.484 e. The van der Waals surface area contributed by atoms with Crippen LogP contribution in [0.25, 0.3) is 0 Å². The number of anilines is 2. The Morgan fingerprint density at radius 1 is 0.852 bits per heavy atom. The monoisotopic (exact) mass is 370 g/mol. The van der Waals surface area contributed by atoms with Crippen molar-refractivity contribution in [2.45, 2.75) is 19.8 Å². The fourth-order valence-electron chi connectivity index (χ4n) is 2.21. The molecule has 0 saturated heterocycles. The predicted octanol–water partition coefficient (Wildman–Crippen LogP) is 2.99. The molecule has 0 aromatic heterocycles. The van der Waals surface area contributed by atoms with E-state index in [9.17, 15) is 14.4 Å². The van der Waals surface area contributed by atoms with Gasteiger partial charge in [-0.15, -0.1) is 0 Å². The molecule has 0 atom stereocenters. The van der Waals surface area contributed by atoms with Crippen molar-refractivity contribution in [3.63, 3.8) is 0 Å². The molecule has 0 aliphatic heterocycles. The van der Waals surface area contributed by atoms with Gasteiger partial charge in [-0.1, -0.05) is 24.3 Å². The third-order valence-corrected chi connectivity index (χ3v) is 3.40. The number of benzene rings is 2. The first-order valence-corrected chi connectivity index (χ1v) is 8.60. The van der Waals surface area contributed by atoms with E-state index in [1.807, 2.05) is 18.2 Å². The fraction of sp³-hybridized carbons (Fsp3) is 0.250. The highest BCUT2D eigenvalue weighted by Crippen LogP contribution is 2.16. The summed E-state index contributed by atoms with van der Waals surface area (Å²) in [5.41, 5.74) is 1.05. The first-order chi connectivity index (χ1) is 13.1. The van der Waals surface area contributed by atoms with E-state index in [1.54, 1.807) is 43.3 Å². The number of nitrogens with one attached hydrogen (secondary N) is 2. The minimum atomic E-state index is -0.410. The Kier molecular flexibility index (Phi) is 7.84. The third kappa shape index (κ3) is 7.60. The van der Waals surface area contributed by atoms with Crippen LogP contribution >= 0.6 is 0 Å². The average molecular weight is 370 g/mol. The van der Waals surface area contributed by atoms with Gasteiger partial charge in [0.25, 0.3) is 5.91 Å². The van der Waals surface area contributed by atoms with Gasteiger partial charge >= 0.3 is 5.97 Å². The lowest BCUT2D eigenvalue weighted by atomic mass is 10.2. The van der Waals surface area contributed by atoms with E-state index in [4.69, 9.17) is 9.47 Å². The molecule has 2 rings (SSSR count). The molecule has 2 aromatic rings. The number of para-hydroxylation sites is 1. The maximum atomic E-state index is 12.0. The van der Waals surface area contributed by atoms with Crippen LogP contribution in [0, 0.1) is 0 Å². The van der Waals surface area contributed by atoms with E-state index >= 15 is 0 Å². The number of carbonyl (C=O) groups excluding carboxylic acids is 3. The third-order valence-electron chi connectivity index (χ3n) is 3.40. The molecule has 142 valence electrons. The second-order valence-electron chi connectivity index (χ2n) is 5.58. The lowest BCUT2D eigenvalue weighted by molar-refractivity contribution is -0.144. The summed E-state index contributed by atoms with van der Waals surface area (Å²) >= 11 is 0. The van der Waals surface area contributed by atoms with E-state index < -0.39 is 5.97 Å². The highest BCUT2D eigenvalue weighted by Gasteiger charge is 2.09. The highest BCUT2D eigenvalue weighted by molar-refractivity contribution is 5.95. The van der Waals surface area contributed by atoms with Crippen LogP contribution in [-0.2, 0) is 19.1 Å². The van der Waals surface area contributed by atoms with Crippen LogP contribution in [0.2, 0.25) is 0 Å². The van der Waals surface area contributed by atoms with Gasteiger partial charge in [0, 0.05) is 17.8 Å². The molecule has 0 spiro atoms. The van der Waals surface area contributed by atoms with Gasteiger partial charge in [-0.2, -0.15) is 0 Å². The Bertz CT molecular complexity index is 777. The van der Waals surface area contributed by atoms with Gasteiger partial charge in [-0.05, 0) is 37.3 Å². The zero-order valence-electron chi connectivity index (χ0n) is 15.1. The van der Waals surface area contributed by atoms with Gasteiger partial charge in [-0.25, -0.2) is 0 Å². The van der Waals surface area contributed by atoms with Crippen LogP contribution in [0.3, 0.4) is 0 Å². The van der Waals surface area contributed by atoms with Crippen molar-refractivity contribution >= 4 is 29.2 Å². The van der Waals surface area contributed by atoms with E-state index in [2.05, 4.69) is 10.6 Å². The van der Waals surface area contributed by atoms with Crippen molar-refractivity contribution in [1.29, 1.82) is 0 Å². The number of amides is 2. The standard InChI is InChI=1S/C20H22N2O5/c1-2-26-20(25)12-11-18(23)21-15-7-6-8-16(13-15)22-19(24)14-27-17-9-4-3-5-10-17/h3-10,13H,2,11-12,14H2,1H3,(H,21,23)(H,22,24). The summed E-state index contributed by atoms with van der Waals surface area (Å²) in [7, 11) is 0. The number of carbonyl (C=O) groups is 3. The Morgan fingerprint density at radius 2 is 1.52 bits per heavy atom. The average Bonchev–Trinajstić information content (AvgIpc) is 2.66. The maximum Gasteiger partial charge on any atom is 0.306 e. The highest BCUT2D eigenvalue weighted by atomic mass is 16.5.